The second-order valence-corrected chi connectivity index (χ2v) is 4.73. The van der Waals surface area contributed by atoms with Crippen LogP contribution >= 0.6 is 0 Å². The number of rotatable bonds is 10. The van der Waals surface area contributed by atoms with Crippen molar-refractivity contribution >= 4 is 5.97 Å². The van der Waals surface area contributed by atoms with Crippen molar-refractivity contribution in [3.63, 3.8) is 0 Å². The maximum atomic E-state index is 10.9. The number of carboxylic acid groups (broad SMARTS) is 1. The first-order valence-electron chi connectivity index (χ1n) is 6.48. The third kappa shape index (κ3) is 7.69. The molecule has 3 nitrogen and oxygen atoms in total. The smallest absolute Gasteiger partial charge is 0.320 e. The SMILES string of the molecule is CCCCCCCCCC(C(=O)O)N(C)C. The van der Waals surface area contributed by atoms with E-state index in [-0.39, 0.29) is 6.04 Å². The van der Waals surface area contributed by atoms with Crippen LogP contribution in [-0.2, 0) is 4.79 Å². The van der Waals surface area contributed by atoms with Crippen molar-refractivity contribution < 1.29 is 9.90 Å². The number of hydrogen-bond donors (Lipinski definition) is 1. The van der Waals surface area contributed by atoms with Crippen LogP contribution in [0.15, 0.2) is 0 Å². The van der Waals surface area contributed by atoms with Crippen molar-refractivity contribution in [3.8, 4) is 0 Å². The summed E-state index contributed by atoms with van der Waals surface area (Å²) in [6.45, 7) is 2.22. The highest BCUT2D eigenvalue weighted by molar-refractivity contribution is 5.73. The Morgan fingerprint density at radius 2 is 1.56 bits per heavy atom. The van der Waals surface area contributed by atoms with Gasteiger partial charge in [-0.25, -0.2) is 0 Å². The lowest BCUT2D eigenvalue weighted by molar-refractivity contribution is -0.142. The Bertz CT molecular complexity index is 181. The molecule has 96 valence electrons. The third-order valence-electron chi connectivity index (χ3n) is 2.99. The third-order valence-corrected chi connectivity index (χ3v) is 2.99. The Morgan fingerprint density at radius 1 is 1.06 bits per heavy atom. The lowest BCUT2D eigenvalue weighted by Crippen LogP contribution is -2.35. The molecule has 0 saturated heterocycles. The van der Waals surface area contributed by atoms with Gasteiger partial charge >= 0.3 is 5.97 Å². The summed E-state index contributed by atoms with van der Waals surface area (Å²) in [6.07, 6.45) is 9.45. The van der Waals surface area contributed by atoms with Gasteiger partial charge in [-0.15, -0.1) is 0 Å². The molecular weight excluding hydrogens is 202 g/mol. The predicted octanol–water partition coefficient (Wildman–Crippen LogP) is 3.14. The molecule has 0 aliphatic rings. The molecular formula is C13H27NO2. The fourth-order valence-electron chi connectivity index (χ4n) is 1.90. The van der Waals surface area contributed by atoms with Crippen LogP contribution < -0.4 is 0 Å². The van der Waals surface area contributed by atoms with Gasteiger partial charge in [-0.05, 0) is 20.5 Å². The Morgan fingerprint density at radius 3 is 2.00 bits per heavy atom. The Hall–Kier alpha value is -0.570. The van der Waals surface area contributed by atoms with E-state index in [1.165, 1.54) is 38.5 Å². The fourth-order valence-corrected chi connectivity index (χ4v) is 1.90. The number of carboxylic acids is 1. The second kappa shape index (κ2) is 9.64. The molecule has 0 aromatic carbocycles. The van der Waals surface area contributed by atoms with Crippen LogP contribution in [0, 0.1) is 0 Å². The molecule has 0 radical (unpaired) electrons. The molecule has 0 aliphatic carbocycles. The van der Waals surface area contributed by atoms with Gasteiger partial charge in [0.15, 0.2) is 0 Å². The quantitative estimate of drug-likeness (QED) is 0.585. The summed E-state index contributed by atoms with van der Waals surface area (Å²) in [6, 6.07) is -0.310. The second-order valence-electron chi connectivity index (χ2n) is 4.73. The minimum Gasteiger partial charge on any atom is -0.480 e. The predicted molar refractivity (Wildman–Crippen MR) is 67.7 cm³/mol. The number of nitrogens with zero attached hydrogens (tertiary/aromatic N) is 1. The van der Waals surface area contributed by atoms with Crippen LogP contribution in [0.5, 0.6) is 0 Å². The van der Waals surface area contributed by atoms with Crippen molar-refractivity contribution in [1.29, 1.82) is 0 Å². The summed E-state index contributed by atoms with van der Waals surface area (Å²) < 4.78 is 0. The maximum absolute atomic E-state index is 10.9. The minimum absolute atomic E-state index is 0.310. The Labute approximate surface area is 99.8 Å². The molecule has 0 bridgehead atoms. The molecule has 0 saturated carbocycles. The highest BCUT2D eigenvalue weighted by atomic mass is 16.4. The van der Waals surface area contributed by atoms with Gasteiger partial charge in [0.25, 0.3) is 0 Å². The lowest BCUT2D eigenvalue weighted by atomic mass is 10.0. The Balaban J connectivity index is 3.45. The normalized spacial score (nSPS) is 13.0. The Kier molecular flexibility index (Phi) is 9.30. The van der Waals surface area contributed by atoms with Crippen LogP contribution in [0.3, 0.4) is 0 Å². The first kappa shape index (κ1) is 15.4. The average molecular weight is 229 g/mol. The largest absolute Gasteiger partial charge is 0.480 e. The molecule has 0 aromatic rings. The van der Waals surface area contributed by atoms with Gasteiger partial charge in [-0.1, -0.05) is 51.9 Å². The minimum atomic E-state index is -0.698. The molecule has 0 heterocycles. The van der Waals surface area contributed by atoms with Crippen molar-refractivity contribution in [2.45, 2.75) is 64.3 Å². The van der Waals surface area contributed by atoms with Crippen molar-refractivity contribution in [2.75, 3.05) is 14.1 Å². The van der Waals surface area contributed by atoms with Crippen LogP contribution in [0.1, 0.15) is 58.3 Å². The van der Waals surface area contributed by atoms with E-state index in [0.29, 0.717) is 0 Å². The number of aliphatic carboxylic acids is 1. The van der Waals surface area contributed by atoms with Gasteiger partial charge in [-0.2, -0.15) is 0 Å². The number of unbranched alkanes of at least 4 members (excludes halogenated alkanes) is 6. The molecule has 1 N–H and O–H groups in total. The molecule has 0 aromatic heterocycles. The zero-order valence-corrected chi connectivity index (χ0v) is 11.0. The van der Waals surface area contributed by atoms with Gasteiger partial charge in [0.05, 0.1) is 0 Å². The number of hydrogen-bond acceptors (Lipinski definition) is 2. The van der Waals surface area contributed by atoms with Crippen molar-refractivity contribution in [1.82, 2.24) is 4.90 Å². The topological polar surface area (TPSA) is 40.5 Å². The molecule has 1 atom stereocenters. The van der Waals surface area contributed by atoms with Crippen LogP contribution in [0.2, 0.25) is 0 Å². The zero-order valence-electron chi connectivity index (χ0n) is 11.0. The van der Waals surface area contributed by atoms with E-state index < -0.39 is 5.97 Å². The monoisotopic (exact) mass is 229 g/mol. The zero-order chi connectivity index (χ0) is 12.4. The summed E-state index contributed by atoms with van der Waals surface area (Å²) >= 11 is 0. The van der Waals surface area contributed by atoms with E-state index in [1.807, 2.05) is 14.1 Å². The van der Waals surface area contributed by atoms with Gasteiger partial charge in [-0.3, -0.25) is 9.69 Å². The number of carbonyl (C=O) groups is 1. The molecule has 16 heavy (non-hydrogen) atoms. The molecule has 0 fully saturated rings. The van der Waals surface area contributed by atoms with E-state index in [4.69, 9.17) is 5.11 Å². The molecule has 1 unspecified atom stereocenters. The molecule has 0 aliphatic heterocycles. The van der Waals surface area contributed by atoms with E-state index in [9.17, 15) is 4.79 Å². The van der Waals surface area contributed by atoms with Gasteiger partial charge in [0, 0.05) is 0 Å². The highest BCUT2D eigenvalue weighted by Gasteiger charge is 2.18. The van der Waals surface area contributed by atoms with E-state index in [2.05, 4.69) is 6.92 Å². The highest BCUT2D eigenvalue weighted by Crippen LogP contribution is 2.11. The van der Waals surface area contributed by atoms with E-state index in [0.717, 1.165) is 12.8 Å². The van der Waals surface area contributed by atoms with E-state index >= 15 is 0 Å². The van der Waals surface area contributed by atoms with Gasteiger partial charge in [0.2, 0.25) is 0 Å². The van der Waals surface area contributed by atoms with Crippen LogP contribution in [0.4, 0.5) is 0 Å². The number of likely N-dealkylation sites (N-methyl/N-ethyl adjacent to an activating group) is 1. The molecule has 0 amide bonds. The average Bonchev–Trinajstić information content (AvgIpc) is 2.21. The summed E-state index contributed by atoms with van der Waals surface area (Å²) in [7, 11) is 3.67. The lowest BCUT2D eigenvalue weighted by Gasteiger charge is -2.19. The summed E-state index contributed by atoms with van der Waals surface area (Å²) in [5.41, 5.74) is 0. The maximum Gasteiger partial charge on any atom is 0.320 e. The first-order valence-corrected chi connectivity index (χ1v) is 6.48. The summed E-state index contributed by atoms with van der Waals surface area (Å²) in [5.74, 6) is -0.698. The van der Waals surface area contributed by atoms with E-state index in [1.54, 1.807) is 4.90 Å². The molecule has 0 spiro atoms. The van der Waals surface area contributed by atoms with Crippen molar-refractivity contribution in [2.24, 2.45) is 0 Å². The standard InChI is InChI=1S/C13H27NO2/c1-4-5-6-7-8-9-10-11-12(13(15)16)14(2)3/h12H,4-11H2,1-3H3,(H,15,16). The molecule has 3 heteroatoms. The van der Waals surface area contributed by atoms with Crippen molar-refractivity contribution in [3.05, 3.63) is 0 Å². The first-order chi connectivity index (χ1) is 7.59. The summed E-state index contributed by atoms with van der Waals surface area (Å²) in [4.78, 5) is 12.7. The van der Waals surface area contributed by atoms with Crippen LogP contribution in [-0.4, -0.2) is 36.1 Å². The summed E-state index contributed by atoms with van der Waals surface area (Å²) in [5, 5.41) is 8.97. The van der Waals surface area contributed by atoms with Gasteiger partial charge in [0.1, 0.15) is 6.04 Å². The van der Waals surface area contributed by atoms with Crippen LogP contribution in [0.25, 0.3) is 0 Å². The molecule has 0 rings (SSSR count). The fraction of sp³-hybridized carbons (Fsp3) is 0.923. The van der Waals surface area contributed by atoms with Gasteiger partial charge < -0.3 is 5.11 Å².